The lowest BCUT2D eigenvalue weighted by Gasteiger charge is -2.14. The molecular formula is C18H17N3O4. The lowest BCUT2D eigenvalue weighted by atomic mass is 10.1. The van der Waals surface area contributed by atoms with Crippen molar-refractivity contribution in [2.24, 2.45) is 0 Å². The van der Waals surface area contributed by atoms with Crippen LogP contribution in [0.1, 0.15) is 48.3 Å². The lowest BCUT2D eigenvalue weighted by Crippen LogP contribution is -2.33. The summed E-state index contributed by atoms with van der Waals surface area (Å²) in [5, 5.41) is 0. The van der Waals surface area contributed by atoms with Gasteiger partial charge < -0.3 is 4.74 Å². The Hall–Kier alpha value is -3.09. The van der Waals surface area contributed by atoms with Crippen molar-refractivity contribution >= 4 is 17.8 Å². The van der Waals surface area contributed by atoms with Gasteiger partial charge in [0.2, 0.25) is 0 Å². The minimum absolute atomic E-state index is 0.00456. The number of rotatable bonds is 4. The molecule has 1 aliphatic rings. The van der Waals surface area contributed by atoms with Crippen molar-refractivity contribution in [3.05, 3.63) is 58.2 Å². The maximum Gasteiger partial charge on any atom is 0.358 e. The summed E-state index contributed by atoms with van der Waals surface area (Å²) in [6.07, 6.45) is 0. The highest BCUT2D eigenvalue weighted by atomic mass is 16.5. The number of carbonyl (C=O) groups excluding carboxylic acids is 3. The van der Waals surface area contributed by atoms with Gasteiger partial charge in [-0.1, -0.05) is 12.1 Å². The zero-order chi connectivity index (χ0) is 18.1. The standard InChI is InChI=1S/C18H17N3O4/c1-10-11(2)20-15(12(3)19-10)18(24)25-9-8-21-16(22)13-6-4-5-7-14(13)17(21)23/h4-7H,8-9H2,1-3H3. The Balaban J connectivity index is 1.64. The highest BCUT2D eigenvalue weighted by Gasteiger charge is 2.34. The summed E-state index contributed by atoms with van der Waals surface area (Å²) >= 11 is 0. The van der Waals surface area contributed by atoms with Crippen molar-refractivity contribution in [3.8, 4) is 0 Å². The first-order valence-electron chi connectivity index (χ1n) is 7.84. The molecule has 2 heterocycles. The fraction of sp³-hybridized carbons (Fsp3) is 0.278. The van der Waals surface area contributed by atoms with Gasteiger partial charge >= 0.3 is 5.97 Å². The van der Waals surface area contributed by atoms with Crippen LogP contribution in [0.4, 0.5) is 0 Å². The Bertz CT molecular complexity index is 857. The number of benzene rings is 1. The van der Waals surface area contributed by atoms with Crippen LogP contribution in [0.2, 0.25) is 0 Å². The van der Waals surface area contributed by atoms with Crippen molar-refractivity contribution in [3.63, 3.8) is 0 Å². The molecule has 1 aromatic heterocycles. The predicted octanol–water partition coefficient (Wildman–Crippen LogP) is 1.85. The van der Waals surface area contributed by atoms with Gasteiger partial charge in [0, 0.05) is 0 Å². The molecule has 0 atom stereocenters. The second-order valence-electron chi connectivity index (χ2n) is 5.77. The lowest BCUT2D eigenvalue weighted by molar-refractivity contribution is 0.0414. The van der Waals surface area contributed by atoms with E-state index < -0.39 is 5.97 Å². The van der Waals surface area contributed by atoms with E-state index in [2.05, 4.69) is 9.97 Å². The molecule has 7 nitrogen and oxygen atoms in total. The summed E-state index contributed by atoms with van der Waals surface area (Å²) in [5.74, 6) is -1.37. The fourth-order valence-electron chi connectivity index (χ4n) is 2.65. The first-order chi connectivity index (χ1) is 11.9. The monoisotopic (exact) mass is 339 g/mol. The Kier molecular flexibility index (Phi) is 4.31. The van der Waals surface area contributed by atoms with Crippen LogP contribution in [0.25, 0.3) is 0 Å². The minimum Gasteiger partial charge on any atom is -0.459 e. The van der Waals surface area contributed by atoms with Crippen molar-refractivity contribution in [2.45, 2.75) is 20.8 Å². The number of aromatic nitrogens is 2. The van der Waals surface area contributed by atoms with Crippen LogP contribution in [0, 0.1) is 20.8 Å². The molecule has 2 aromatic rings. The van der Waals surface area contributed by atoms with Crippen LogP contribution < -0.4 is 0 Å². The molecule has 0 aliphatic carbocycles. The molecule has 0 spiro atoms. The zero-order valence-corrected chi connectivity index (χ0v) is 14.2. The molecule has 2 amide bonds. The molecule has 1 aromatic carbocycles. The minimum atomic E-state index is -0.621. The van der Waals surface area contributed by atoms with Gasteiger partial charge in [-0.2, -0.15) is 0 Å². The molecule has 7 heteroatoms. The summed E-state index contributed by atoms with van der Waals surface area (Å²) in [6, 6.07) is 6.62. The Labute approximate surface area is 144 Å². The highest BCUT2D eigenvalue weighted by molar-refractivity contribution is 6.21. The maximum absolute atomic E-state index is 12.2. The summed E-state index contributed by atoms with van der Waals surface area (Å²) in [6.45, 7) is 5.15. The van der Waals surface area contributed by atoms with Crippen LogP contribution in [-0.4, -0.2) is 45.8 Å². The molecule has 0 fully saturated rings. The number of esters is 1. The molecular weight excluding hydrogens is 322 g/mol. The van der Waals surface area contributed by atoms with E-state index in [1.165, 1.54) is 0 Å². The number of carbonyl (C=O) groups is 3. The van der Waals surface area contributed by atoms with Crippen LogP contribution in [0.15, 0.2) is 24.3 Å². The smallest absolute Gasteiger partial charge is 0.358 e. The average molecular weight is 339 g/mol. The molecule has 0 bridgehead atoms. The summed E-state index contributed by atoms with van der Waals surface area (Å²) in [4.78, 5) is 46.2. The SMILES string of the molecule is Cc1nc(C)c(C(=O)OCCN2C(=O)c3ccccc3C2=O)nc1C. The molecule has 0 radical (unpaired) electrons. The van der Waals surface area contributed by atoms with Gasteiger partial charge in [-0.05, 0) is 32.9 Å². The van der Waals surface area contributed by atoms with Gasteiger partial charge in [0.1, 0.15) is 6.61 Å². The topological polar surface area (TPSA) is 89.5 Å². The quantitative estimate of drug-likeness (QED) is 0.624. The molecule has 0 saturated heterocycles. The summed E-state index contributed by atoms with van der Waals surface area (Å²) in [7, 11) is 0. The van der Waals surface area contributed by atoms with Gasteiger partial charge in [0.15, 0.2) is 5.69 Å². The van der Waals surface area contributed by atoms with E-state index in [9.17, 15) is 14.4 Å². The molecule has 25 heavy (non-hydrogen) atoms. The first-order valence-corrected chi connectivity index (χ1v) is 7.84. The zero-order valence-electron chi connectivity index (χ0n) is 14.2. The van der Waals surface area contributed by atoms with E-state index in [0.29, 0.717) is 22.5 Å². The second-order valence-corrected chi connectivity index (χ2v) is 5.77. The van der Waals surface area contributed by atoms with E-state index in [1.54, 1.807) is 38.1 Å². The normalized spacial score (nSPS) is 13.2. The molecule has 3 rings (SSSR count). The van der Waals surface area contributed by atoms with E-state index in [-0.39, 0.29) is 30.7 Å². The van der Waals surface area contributed by atoms with E-state index in [1.807, 2.05) is 6.92 Å². The number of fused-ring (bicyclic) bond motifs is 1. The highest BCUT2D eigenvalue weighted by Crippen LogP contribution is 2.22. The number of nitrogens with zero attached hydrogens (tertiary/aromatic N) is 3. The number of amides is 2. The first kappa shape index (κ1) is 16.8. The third-order valence-corrected chi connectivity index (χ3v) is 4.10. The van der Waals surface area contributed by atoms with Gasteiger partial charge in [-0.3, -0.25) is 19.5 Å². The number of aryl methyl sites for hydroxylation is 3. The number of hydrogen-bond acceptors (Lipinski definition) is 6. The largest absolute Gasteiger partial charge is 0.459 e. The Morgan fingerprint density at radius 3 is 2.12 bits per heavy atom. The number of imide groups is 1. The summed E-state index contributed by atoms with van der Waals surface area (Å²) in [5.41, 5.74) is 2.77. The van der Waals surface area contributed by atoms with Gasteiger partial charge in [0.25, 0.3) is 11.8 Å². The Morgan fingerprint density at radius 2 is 1.52 bits per heavy atom. The van der Waals surface area contributed by atoms with Crippen LogP contribution in [-0.2, 0) is 4.74 Å². The van der Waals surface area contributed by atoms with E-state index >= 15 is 0 Å². The predicted molar refractivity (Wildman–Crippen MR) is 88.3 cm³/mol. The molecule has 0 N–H and O–H groups in total. The molecule has 128 valence electrons. The van der Waals surface area contributed by atoms with E-state index in [0.717, 1.165) is 10.6 Å². The van der Waals surface area contributed by atoms with Gasteiger partial charge in [-0.15, -0.1) is 0 Å². The molecule has 0 unspecified atom stereocenters. The van der Waals surface area contributed by atoms with Gasteiger partial charge in [0.05, 0.1) is 34.8 Å². The summed E-state index contributed by atoms with van der Waals surface area (Å²) < 4.78 is 5.17. The Morgan fingerprint density at radius 1 is 0.960 bits per heavy atom. The van der Waals surface area contributed by atoms with Crippen LogP contribution >= 0.6 is 0 Å². The maximum atomic E-state index is 12.2. The molecule has 0 saturated carbocycles. The van der Waals surface area contributed by atoms with Crippen molar-refractivity contribution in [1.82, 2.24) is 14.9 Å². The number of hydrogen-bond donors (Lipinski definition) is 0. The third-order valence-electron chi connectivity index (χ3n) is 4.10. The van der Waals surface area contributed by atoms with Crippen molar-refractivity contribution in [1.29, 1.82) is 0 Å². The van der Waals surface area contributed by atoms with Crippen LogP contribution in [0.3, 0.4) is 0 Å². The number of ether oxygens (including phenoxy) is 1. The third kappa shape index (κ3) is 3.00. The van der Waals surface area contributed by atoms with Crippen molar-refractivity contribution < 1.29 is 19.1 Å². The van der Waals surface area contributed by atoms with E-state index in [4.69, 9.17) is 4.74 Å². The second kappa shape index (κ2) is 6.43. The average Bonchev–Trinajstić information content (AvgIpc) is 2.83. The van der Waals surface area contributed by atoms with Crippen LogP contribution in [0.5, 0.6) is 0 Å². The molecule has 1 aliphatic heterocycles. The van der Waals surface area contributed by atoms with Gasteiger partial charge in [-0.25, -0.2) is 9.78 Å². The fourth-order valence-corrected chi connectivity index (χ4v) is 2.65. The van der Waals surface area contributed by atoms with Crippen molar-refractivity contribution in [2.75, 3.05) is 13.2 Å².